The van der Waals surface area contributed by atoms with Crippen LogP contribution in [-0.2, 0) is 11.3 Å². The third-order valence-electron chi connectivity index (χ3n) is 2.13. The van der Waals surface area contributed by atoms with Crippen LogP contribution in [0.25, 0.3) is 0 Å². The average Bonchev–Trinajstić information content (AvgIpc) is 2.32. The fourth-order valence-electron chi connectivity index (χ4n) is 1.28. The van der Waals surface area contributed by atoms with Crippen LogP contribution in [0.1, 0.15) is 17.5 Å². The molecule has 0 aliphatic carbocycles. The number of rotatable bonds is 4. The number of hydrogen-bond acceptors (Lipinski definition) is 2. The van der Waals surface area contributed by atoms with E-state index in [1.807, 2.05) is 0 Å². The fourth-order valence-corrected chi connectivity index (χ4v) is 1.28. The van der Waals surface area contributed by atoms with Crippen LogP contribution in [0, 0.1) is 11.8 Å². The predicted molar refractivity (Wildman–Crippen MR) is 62.7 cm³/mol. The van der Waals surface area contributed by atoms with Crippen molar-refractivity contribution in [2.75, 3.05) is 13.2 Å². The van der Waals surface area contributed by atoms with Gasteiger partial charge >= 0.3 is 6.18 Å². The van der Waals surface area contributed by atoms with Gasteiger partial charge in [-0.15, -0.1) is 0 Å². The van der Waals surface area contributed by atoms with Crippen molar-refractivity contribution >= 4 is 0 Å². The molecule has 98 valence electrons. The molecule has 0 atom stereocenters. The molecule has 0 radical (unpaired) electrons. The van der Waals surface area contributed by atoms with Gasteiger partial charge in [0.2, 0.25) is 0 Å². The summed E-state index contributed by atoms with van der Waals surface area (Å²) in [5.41, 5.74) is 6.76. The molecule has 1 rings (SSSR count). The maximum atomic E-state index is 11.9. The van der Waals surface area contributed by atoms with Crippen molar-refractivity contribution in [3.05, 3.63) is 35.4 Å². The molecular weight excluding hydrogens is 243 g/mol. The second-order valence-electron chi connectivity index (χ2n) is 3.58. The van der Waals surface area contributed by atoms with Crippen molar-refractivity contribution in [1.29, 1.82) is 0 Å². The van der Waals surface area contributed by atoms with E-state index in [0.717, 1.165) is 11.1 Å². The normalized spacial score (nSPS) is 10.9. The van der Waals surface area contributed by atoms with Crippen LogP contribution in [0.15, 0.2) is 24.3 Å². The van der Waals surface area contributed by atoms with Gasteiger partial charge in [-0.25, -0.2) is 0 Å². The molecule has 0 amide bonds. The zero-order valence-corrected chi connectivity index (χ0v) is 9.76. The zero-order chi connectivity index (χ0) is 13.4. The van der Waals surface area contributed by atoms with Gasteiger partial charge in [-0.05, 0) is 11.6 Å². The van der Waals surface area contributed by atoms with Gasteiger partial charge in [0, 0.05) is 5.56 Å². The van der Waals surface area contributed by atoms with Crippen molar-refractivity contribution in [3.8, 4) is 11.8 Å². The number of alkyl halides is 3. The molecule has 0 aliphatic heterocycles. The molecule has 2 nitrogen and oxygen atoms in total. The Morgan fingerprint density at radius 1 is 1.22 bits per heavy atom. The lowest BCUT2D eigenvalue weighted by molar-refractivity contribution is -0.146. The summed E-state index contributed by atoms with van der Waals surface area (Å²) in [5, 5.41) is 0. The summed E-state index contributed by atoms with van der Waals surface area (Å²) in [6.07, 6.45) is -5.12. The zero-order valence-electron chi connectivity index (χ0n) is 9.76. The minimum absolute atomic E-state index is 0.117. The Morgan fingerprint density at radius 2 is 1.94 bits per heavy atom. The summed E-state index contributed by atoms with van der Waals surface area (Å²) in [6, 6.07) is 7.15. The molecule has 1 aromatic carbocycles. The second kappa shape index (κ2) is 7.04. The third-order valence-corrected chi connectivity index (χ3v) is 2.13. The molecule has 0 spiro atoms. The van der Waals surface area contributed by atoms with Crippen LogP contribution in [0.3, 0.4) is 0 Å². The molecule has 1 aromatic rings. The van der Waals surface area contributed by atoms with Crippen LogP contribution >= 0.6 is 0 Å². The molecule has 0 aromatic heterocycles. The molecule has 2 N–H and O–H groups in total. The third kappa shape index (κ3) is 5.71. The van der Waals surface area contributed by atoms with E-state index in [2.05, 4.69) is 11.8 Å². The summed E-state index contributed by atoms with van der Waals surface area (Å²) in [4.78, 5) is 0. The first-order chi connectivity index (χ1) is 8.53. The number of benzene rings is 1. The maximum absolute atomic E-state index is 11.9. The van der Waals surface area contributed by atoms with Crippen molar-refractivity contribution < 1.29 is 17.9 Å². The SMILES string of the molecule is NCC#Cc1ccccc1COCCC(F)(F)F. The van der Waals surface area contributed by atoms with Gasteiger partial charge in [0.15, 0.2) is 0 Å². The van der Waals surface area contributed by atoms with Crippen LogP contribution < -0.4 is 5.73 Å². The minimum Gasteiger partial charge on any atom is -0.376 e. The molecule has 0 bridgehead atoms. The minimum atomic E-state index is -4.18. The highest BCUT2D eigenvalue weighted by atomic mass is 19.4. The number of hydrogen-bond donors (Lipinski definition) is 1. The first-order valence-electron chi connectivity index (χ1n) is 5.44. The summed E-state index contributed by atoms with van der Waals surface area (Å²) >= 11 is 0. The van der Waals surface area contributed by atoms with Gasteiger partial charge < -0.3 is 10.5 Å². The number of halogens is 3. The molecule has 0 aliphatic rings. The van der Waals surface area contributed by atoms with E-state index in [1.54, 1.807) is 24.3 Å². The van der Waals surface area contributed by atoms with Gasteiger partial charge in [0.1, 0.15) is 0 Å². The largest absolute Gasteiger partial charge is 0.391 e. The lowest BCUT2D eigenvalue weighted by atomic mass is 10.1. The van der Waals surface area contributed by atoms with Crippen molar-refractivity contribution in [2.45, 2.75) is 19.2 Å². The molecule has 0 unspecified atom stereocenters. The lowest BCUT2D eigenvalue weighted by Gasteiger charge is -2.08. The number of ether oxygens (including phenoxy) is 1. The molecule has 18 heavy (non-hydrogen) atoms. The van der Waals surface area contributed by atoms with Gasteiger partial charge in [-0.3, -0.25) is 0 Å². The first-order valence-corrected chi connectivity index (χ1v) is 5.44. The molecule has 0 saturated carbocycles. The average molecular weight is 257 g/mol. The van der Waals surface area contributed by atoms with Crippen LogP contribution in [0.4, 0.5) is 13.2 Å². The van der Waals surface area contributed by atoms with E-state index in [0.29, 0.717) is 0 Å². The fraction of sp³-hybridized carbons (Fsp3) is 0.385. The molecule has 0 heterocycles. The molecular formula is C13H14F3NO. The Bertz CT molecular complexity index is 432. The Labute approximate surface area is 104 Å². The highest BCUT2D eigenvalue weighted by Gasteiger charge is 2.26. The lowest BCUT2D eigenvalue weighted by Crippen LogP contribution is -2.11. The standard InChI is InChI=1S/C13H14F3NO/c14-13(15,16)7-9-18-10-12-5-2-1-4-11(12)6-3-8-17/h1-2,4-5H,7-10,17H2. The number of nitrogens with two attached hydrogens (primary N) is 1. The van der Waals surface area contributed by atoms with Crippen LogP contribution in [-0.4, -0.2) is 19.3 Å². The molecule has 0 saturated heterocycles. The first kappa shape index (κ1) is 14.6. The summed E-state index contributed by atoms with van der Waals surface area (Å²) in [5.74, 6) is 5.55. The Morgan fingerprint density at radius 3 is 2.61 bits per heavy atom. The second-order valence-corrected chi connectivity index (χ2v) is 3.58. The maximum Gasteiger partial charge on any atom is 0.391 e. The summed E-state index contributed by atoms with van der Waals surface area (Å²) < 4.78 is 40.7. The van der Waals surface area contributed by atoms with E-state index in [4.69, 9.17) is 10.5 Å². The monoisotopic (exact) mass is 257 g/mol. The quantitative estimate of drug-likeness (QED) is 0.664. The van der Waals surface area contributed by atoms with E-state index in [9.17, 15) is 13.2 Å². The van der Waals surface area contributed by atoms with Crippen molar-refractivity contribution in [2.24, 2.45) is 5.73 Å². The van der Waals surface area contributed by atoms with Gasteiger partial charge in [0.05, 0.1) is 26.2 Å². The van der Waals surface area contributed by atoms with Gasteiger partial charge in [0.25, 0.3) is 0 Å². The van der Waals surface area contributed by atoms with E-state index in [-0.39, 0.29) is 19.8 Å². The van der Waals surface area contributed by atoms with E-state index >= 15 is 0 Å². The predicted octanol–water partition coefficient (Wildman–Crippen LogP) is 2.47. The van der Waals surface area contributed by atoms with E-state index < -0.39 is 12.6 Å². The Kier molecular flexibility index (Phi) is 5.69. The van der Waals surface area contributed by atoms with Crippen LogP contribution in [0.2, 0.25) is 0 Å². The topological polar surface area (TPSA) is 35.2 Å². The molecule has 5 heteroatoms. The van der Waals surface area contributed by atoms with Crippen molar-refractivity contribution in [1.82, 2.24) is 0 Å². The Hall–Kier alpha value is -1.51. The molecule has 0 fully saturated rings. The summed E-state index contributed by atoms with van der Waals surface area (Å²) in [6.45, 7) is 0.0108. The van der Waals surface area contributed by atoms with E-state index in [1.165, 1.54) is 0 Å². The highest BCUT2D eigenvalue weighted by molar-refractivity contribution is 5.41. The Balaban J connectivity index is 2.52. The summed E-state index contributed by atoms with van der Waals surface area (Å²) in [7, 11) is 0. The smallest absolute Gasteiger partial charge is 0.376 e. The van der Waals surface area contributed by atoms with Crippen LogP contribution in [0.5, 0.6) is 0 Å². The highest BCUT2D eigenvalue weighted by Crippen LogP contribution is 2.19. The van der Waals surface area contributed by atoms with Crippen molar-refractivity contribution in [3.63, 3.8) is 0 Å². The van der Waals surface area contributed by atoms with Gasteiger partial charge in [-0.1, -0.05) is 30.0 Å². The van der Waals surface area contributed by atoms with Gasteiger partial charge in [-0.2, -0.15) is 13.2 Å².